The average molecular weight is 736 g/mol. The molecule has 8 rings (SSSR count). The van der Waals surface area contributed by atoms with Gasteiger partial charge in [0.25, 0.3) is 11.8 Å². The van der Waals surface area contributed by atoms with Crippen LogP contribution in [0.1, 0.15) is 43.0 Å². The maximum absolute atomic E-state index is 13.3. The van der Waals surface area contributed by atoms with Gasteiger partial charge in [0.1, 0.15) is 11.1 Å². The van der Waals surface area contributed by atoms with Crippen LogP contribution in [0.5, 0.6) is 0 Å². The molecular weight excluding hydrogens is 710 g/mol. The molecule has 0 bridgehead atoms. The van der Waals surface area contributed by atoms with Crippen LogP contribution in [0.2, 0.25) is 20.1 Å². The van der Waals surface area contributed by atoms with Gasteiger partial charge in [-0.05, 0) is 71.8 Å². The number of rotatable bonds is 6. The van der Waals surface area contributed by atoms with Crippen molar-refractivity contribution in [1.29, 1.82) is 0 Å². The molecular formula is C40H26Cl4N4O2. The summed E-state index contributed by atoms with van der Waals surface area (Å²) in [6.45, 7) is 0. The Morgan fingerprint density at radius 2 is 0.880 bits per heavy atom. The molecule has 2 atom stereocenters. The molecule has 0 radical (unpaired) electrons. The Morgan fingerprint density at radius 1 is 0.480 bits per heavy atom. The van der Waals surface area contributed by atoms with E-state index in [2.05, 4.69) is 45.5 Å². The zero-order valence-corrected chi connectivity index (χ0v) is 29.1. The zero-order chi connectivity index (χ0) is 34.6. The van der Waals surface area contributed by atoms with Crippen molar-refractivity contribution in [3.05, 3.63) is 187 Å². The second kappa shape index (κ2) is 12.4. The van der Waals surface area contributed by atoms with Gasteiger partial charge in [0.2, 0.25) is 0 Å². The molecule has 2 aliphatic rings. The van der Waals surface area contributed by atoms with Crippen molar-refractivity contribution in [2.45, 2.75) is 11.1 Å². The van der Waals surface area contributed by atoms with Crippen LogP contribution in [0.4, 0.5) is 22.7 Å². The lowest BCUT2D eigenvalue weighted by atomic mass is 9.66. The van der Waals surface area contributed by atoms with Crippen LogP contribution < -0.4 is 21.3 Å². The first-order valence-corrected chi connectivity index (χ1v) is 17.2. The van der Waals surface area contributed by atoms with Gasteiger partial charge in [-0.1, -0.05) is 119 Å². The largest absolute Gasteiger partial charge is 0.369 e. The highest BCUT2D eigenvalue weighted by Crippen LogP contribution is 2.64. The van der Waals surface area contributed by atoms with Crippen LogP contribution in [0.25, 0.3) is 0 Å². The first-order valence-electron chi connectivity index (χ1n) is 15.7. The minimum absolute atomic E-state index is 0.266. The van der Waals surface area contributed by atoms with Gasteiger partial charge in [-0.15, -0.1) is 0 Å². The van der Waals surface area contributed by atoms with Crippen molar-refractivity contribution in [3.63, 3.8) is 0 Å². The summed E-state index contributed by atoms with van der Waals surface area (Å²) in [4.78, 5) is 26.6. The van der Waals surface area contributed by atoms with E-state index in [4.69, 9.17) is 46.4 Å². The van der Waals surface area contributed by atoms with Gasteiger partial charge < -0.3 is 21.3 Å². The molecule has 2 aliphatic heterocycles. The molecule has 0 aliphatic carbocycles. The number of benzene rings is 6. The zero-order valence-electron chi connectivity index (χ0n) is 26.0. The van der Waals surface area contributed by atoms with E-state index in [9.17, 15) is 9.59 Å². The standard InChI is InChI=1S/C40H26Cl4N4O2/c41-25-11-15-29(33(43)19-25)37(49)45-27-13-17-31-35(21-27)48-40(24-9-5-2-6-10-24)32-18-14-28(46-38(50)30-16-12-26(42)20-34(30)44)22-36(32)47-39(31,40)23-7-3-1-4-8-23/h1-22,47-48H,(H,45,49)(H,46,50)/t39-,40-/m1/s1. The number of carbonyl (C=O) groups is 2. The van der Waals surface area contributed by atoms with Crippen LogP contribution in [0, 0.1) is 0 Å². The van der Waals surface area contributed by atoms with Crippen molar-refractivity contribution in [2.75, 3.05) is 21.3 Å². The lowest BCUT2D eigenvalue weighted by Crippen LogP contribution is -2.51. The number of halogens is 4. The minimum Gasteiger partial charge on any atom is -0.369 e. The summed E-state index contributed by atoms with van der Waals surface area (Å²) < 4.78 is 0. The molecule has 6 aromatic rings. The predicted octanol–water partition coefficient (Wildman–Crippen LogP) is 10.8. The Morgan fingerprint density at radius 3 is 1.26 bits per heavy atom. The van der Waals surface area contributed by atoms with E-state index in [1.807, 2.05) is 72.8 Å². The fourth-order valence-corrected chi connectivity index (χ4v) is 8.23. The maximum Gasteiger partial charge on any atom is 0.257 e. The Bertz CT molecular complexity index is 2170. The monoisotopic (exact) mass is 734 g/mol. The van der Waals surface area contributed by atoms with Crippen LogP contribution in [-0.2, 0) is 11.1 Å². The molecule has 10 heteroatoms. The molecule has 2 amide bonds. The van der Waals surface area contributed by atoms with Gasteiger partial charge >= 0.3 is 0 Å². The minimum atomic E-state index is -0.836. The van der Waals surface area contributed by atoms with E-state index in [0.29, 0.717) is 32.5 Å². The normalized spacial score (nSPS) is 18.2. The summed E-state index contributed by atoms with van der Waals surface area (Å²) in [7, 11) is 0. The second-order valence-electron chi connectivity index (χ2n) is 12.2. The number of anilines is 4. The lowest BCUT2D eigenvalue weighted by Gasteiger charge is -2.42. The lowest BCUT2D eigenvalue weighted by molar-refractivity contribution is 0.101. The topological polar surface area (TPSA) is 82.3 Å². The third kappa shape index (κ3) is 5.10. The Labute approximate surface area is 308 Å². The molecule has 2 heterocycles. The van der Waals surface area contributed by atoms with Crippen molar-refractivity contribution in [1.82, 2.24) is 0 Å². The summed E-state index contributed by atoms with van der Waals surface area (Å²) in [5.41, 5.74) is 5.83. The van der Waals surface area contributed by atoms with E-state index in [0.717, 1.165) is 33.6 Å². The summed E-state index contributed by atoms with van der Waals surface area (Å²) in [5.74, 6) is -0.698. The van der Waals surface area contributed by atoms with E-state index >= 15 is 0 Å². The molecule has 4 N–H and O–H groups in total. The SMILES string of the molecule is O=C(Nc1ccc2c(c1)N[C@]1(c3ccccc3)c3ccc(NC(=O)c4ccc(Cl)cc4Cl)cc3N[C@]21c1ccccc1)c1ccc(Cl)cc1Cl. The van der Waals surface area contributed by atoms with Crippen LogP contribution >= 0.6 is 46.4 Å². The Balaban J connectivity index is 1.24. The smallest absolute Gasteiger partial charge is 0.257 e. The van der Waals surface area contributed by atoms with Gasteiger partial charge in [0.15, 0.2) is 0 Å². The quantitative estimate of drug-likeness (QED) is 0.137. The van der Waals surface area contributed by atoms with Crippen LogP contribution in [-0.4, -0.2) is 11.8 Å². The van der Waals surface area contributed by atoms with Gasteiger partial charge in [-0.2, -0.15) is 0 Å². The van der Waals surface area contributed by atoms with E-state index in [1.54, 1.807) is 36.4 Å². The van der Waals surface area contributed by atoms with E-state index in [1.165, 1.54) is 0 Å². The van der Waals surface area contributed by atoms with Crippen LogP contribution in [0.15, 0.2) is 133 Å². The van der Waals surface area contributed by atoms with Gasteiger partial charge in [-0.3, -0.25) is 9.59 Å². The third-order valence-electron chi connectivity index (χ3n) is 9.33. The average Bonchev–Trinajstić information content (AvgIpc) is 3.55. The highest BCUT2D eigenvalue weighted by Gasteiger charge is 2.65. The van der Waals surface area contributed by atoms with E-state index < -0.39 is 11.1 Å². The fraction of sp³-hybridized carbons (Fsp3) is 0.0500. The highest BCUT2D eigenvalue weighted by molar-refractivity contribution is 6.38. The van der Waals surface area contributed by atoms with Crippen molar-refractivity contribution in [3.8, 4) is 0 Å². The second-order valence-corrected chi connectivity index (χ2v) is 13.8. The molecule has 0 aromatic heterocycles. The number of hydrogen-bond acceptors (Lipinski definition) is 4. The molecule has 6 nitrogen and oxygen atoms in total. The maximum atomic E-state index is 13.3. The van der Waals surface area contributed by atoms with Crippen LogP contribution in [0.3, 0.4) is 0 Å². The molecule has 0 saturated carbocycles. The first-order chi connectivity index (χ1) is 24.2. The number of fused-ring (bicyclic) bond motifs is 5. The summed E-state index contributed by atoms with van der Waals surface area (Å²) >= 11 is 24.8. The Kier molecular flexibility index (Phi) is 8.00. The van der Waals surface area contributed by atoms with Gasteiger partial charge in [0, 0.05) is 43.9 Å². The van der Waals surface area contributed by atoms with E-state index in [-0.39, 0.29) is 21.9 Å². The molecule has 0 unspecified atom stereocenters. The summed E-state index contributed by atoms with van der Waals surface area (Å²) in [6.07, 6.45) is 0. The first kappa shape index (κ1) is 32.2. The predicted molar refractivity (Wildman–Crippen MR) is 203 cm³/mol. The number of carbonyl (C=O) groups excluding carboxylic acids is 2. The molecule has 246 valence electrons. The fourth-order valence-electron chi connectivity index (χ4n) is 7.24. The third-order valence-corrected chi connectivity index (χ3v) is 10.4. The number of nitrogens with one attached hydrogen (secondary N) is 4. The number of amides is 2. The van der Waals surface area contributed by atoms with Crippen molar-refractivity contribution in [2.24, 2.45) is 0 Å². The molecule has 50 heavy (non-hydrogen) atoms. The van der Waals surface area contributed by atoms with Crippen molar-refractivity contribution < 1.29 is 9.59 Å². The highest BCUT2D eigenvalue weighted by atomic mass is 35.5. The number of hydrogen-bond donors (Lipinski definition) is 4. The summed E-state index contributed by atoms with van der Waals surface area (Å²) in [5, 5.41) is 15.3. The van der Waals surface area contributed by atoms with Crippen molar-refractivity contribution >= 4 is 81.0 Å². The molecule has 0 saturated heterocycles. The van der Waals surface area contributed by atoms with Gasteiger partial charge in [-0.25, -0.2) is 0 Å². The molecule has 0 spiro atoms. The molecule has 6 aromatic carbocycles. The Hall–Kier alpha value is -4.98. The summed E-state index contributed by atoms with van der Waals surface area (Å²) in [6, 6.07) is 41.8. The molecule has 0 fully saturated rings. The van der Waals surface area contributed by atoms with Gasteiger partial charge in [0.05, 0.1) is 21.2 Å².